The number of aromatic nitrogens is 1. The number of nitrogens with zero attached hydrogens (tertiary/aromatic N) is 1. The molecular formula is C12H20N2O. The molecule has 0 saturated carbocycles. The van der Waals surface area contributed by atoms with Crippen molar-refractivity contribution in [3.8, 4) is 5.75 Å². The second-order valence-electron chi connectivity index (χ2n) is 3.86. The number of pyridine rings is 1. The zero-order valence-corrected chi connectivity index (χ0v) is 9.95. The molecule has 0 aliphatic rings. The van der Waals surface area contributed by atoms with Gasteiger partial charge < -0.3 is 10.1 Å². The van der Waals surface area contributed by atoms with Crippen LogP contribution in [0, 0.1) is 0 Å². The van der Waals surface area contributed by atoms with Gasteiger partial charge in [0.05, 0.1) is 18.0 Å². The van der Waals surface area contributed by atoms with Gasteiger partial charge in [0.1, 0.15) is 5.75 Å². The summed E-state index contributed by atoms with van der Waals surface area (Å²) in [5.74, 6) is 0.831. The lowest BCUT2D eigenvalue weighted by Gasteiger charge is -2.13. The molecule has 0 saturated heterocycles. The third-order valence-corrected chi connectivity index (χ3v) is 2.08. The van der Waals surface area contributed by atoms with Gasteiger partial charge >= 0.3 is 0 Å². The quantitative estimate of drug-likeness (QED) is 0.807. The first kappa shape index (κ1) is 12.0. The summed E-state index contributed by atoms with van der Waals surface area (Å²) >= 11 is 0. The summed E-state index contributed by atoms with van der Waals surface area (Å²) in [6.07, 6.45) is 1.98. The molecule has 3 heteroatoms. The lowest BCUT2D eigenvalue weighted by molar-refractivity contribution is 0.241. The summed E-state index contributed by atoms with van der Waals surface area (Å²) in [4.78, 5) is 4.36. The van der Waals surface area contributed by atoms with Crippen LogP contribution in [0.5, 0.6) is 5.75 Å². The fourth-order valence-electron chi connectivity index (χ4n) is 1.40. The summed E-state index contributed by atoms with van der Waals surface area (Å²) in [7, 11) is 0. The van der Waals surface area contributed by atoms with E-state index in [0.717, 1.165) is 18.0 Å². The predicted octanol–water partition coefficient (Wildman–Crippen LogP) is 2.54. The Labute approximate surface area is 91.9 Å². The average Bonchev–Trinajstić information content (AvgIpc) is 2.18. The molecule has 1 aromatic heterocycles. The molecule has 0 fully saturated rings. The largest absolute Gasteiger partial charge is 0.489 e. The van der Waals surface area contributed by atoms with E-state index in [9.17, 15) is 0 Å². The van der Waals surface area contributed by atoms with E-state index in [1.54, 1.807) is 6.20 Å². The van der Waals surface area contributed by atoms with E-state index in [1.807, 2.05) is 26.0 Å². The maximum Gasteiger partial charge on any atom is 0.137 e. The van der Waals surface area contributed by atoms with Gasteiger partial charge in [-0.15, -0.1) is 0 Å². The average molecular weight is 208 g/mol. The van der Waals surface area contributed by atoms with E-state index >= 15 is 0 Å². The van der Waals surface area contributed by atoms with Crippen molar-refractivity contribution < 1.29 is 4.74 Å². The predicted molar refractivity (Wildman–Crippen MR) is 62.1 cm³/mol. The van der Waals surface area contributed by atoms with Gasteiger partial charge in [-0.1, -0.05) is 6.92 Å². The zero-order valence-electron chi connectivity index (χ0n) is 9.95. The molecule has 1 atom stereocenters. The van der Waals surface area contributed by atoms with Crippen LogP contribution in [0.1, 0.15) is 39.4 Å². The van der Waals surface area contributed by atoms with Crippen LogP contribution in [0.2, 0.25) is 0 Å². The second kappa shape index (κ2) is 5.71. The highest BCUT2D eigenvalue weighted by molar-refractivity contribution is 5.21. The minimum atomic E-state index is 0.198. The SMILES string of the molecule is CCNC(C)c1ccc(OC(C)C)cn1. The van der Waals surface area contributed by atoms with Crippen molar-refractivity contribution >= 4 is 0 Å². The van der Waals surface area contributed by atoms with Crippen molar-refractivity contribution in [1.29, 1.82) is 0 Å². The summed E-state index contributed by atoms with van der Waals surface area (Å²) < 4.78 is 5.53. The topological polar surface area (TPSA) is 34.1 Å². The molecule has 0 spiro atoms. The van der Waals surface area contributed by atoms with Gasteiger partial charge in [0.25, 0.3) is 0 Å². The van der Waals surface area contributed by atoms with Crippen LogP contribution in [0.15, 0.2) is 18.3 Å². The highest BCUT2D eigenvalue weighted by atomic mass is 16.5. The van der Waals surface area contributed by atoms with Crippen molar-refractivity contribution in [1.82, 2.24) is 10.3 Å². The summed E-state index contributed by atoms with van der Waals surface area (Å²) in [5.41, 5.74) is 1.05. The van der Waals surface area contributed by atoms with Crippen LogP contribution in [0.3, 0.4) is 0 Å². The summed E-state index contributed by atoms with van der Waals surface area (Å²) in [6, 6.07) is 4.27. The molecular weight excluding hydrogens is 188 g/mol. The highest BCUT2D eigenvalue weighted by Crippen LogP contribution is 2.15. The molecule has 1 N–H and O–H groups in total. The molecule has 0 aromatic carbocycles. The number of hydrogen-bond acceptors (Lipinski definition) is 3. The van der Waals surface area contributed by atoms with Gasteiger partial charge in [-0.05, 0) is 39.4 Å². The smallest absolute Gasteiger partial charge is 0.137 e. The molecule has 0 radical (unpaired) electrons. The standard InChI is InChI=1S/C12H20N2O/c1-5-13-10(4)12-7-6-11(8-14-12)15-9(2)3/h6-10,13H,5H2,1-4H3. The van der Waals surface area contributed by atoms with Gasteiger partial charge in [-0.3, -0.25) is 4.98 Å². The molecule has 0 amide bonds. The number of rotatable bonds is 5. The second-order valence-corrected chi connectivity index (χ2v) is 3.86. The molecule has 1 aromatic rings. The molecule has 0 aliphatic carbocycles. The molecule has 0 bridgehead atoms. The third-order valence-electron chi connectivity index (χ3n) is 2.08. The van der Waals surface area contributed by atoms with Crippen LogP contribution < -0.4 is 10.1 Å². The van der Waals surface area contributed by atoms with Crippen LogP contribution in [-0.4, -0.2) is 17.6 Å². The van der Waals surface area contributed by atoms with Crippen LogP contribution >= 0.6 is 0 Å². The zero-order chi connectivity index (χ0) is 11.3. The van der Waals surface area contributed by atoms with Gasteiger partial charge in [-0.2, -0.15) is 0 Å². The van der Waals surface area contributed by atoms with Crippen molar-refractivity contribution in [2.45, 2.75) is 39.8 Å². The van der Waals surface area contributed by atoms with Crippen molar-refractivity contribution in [2.24, 2.45) is 0 Å². The molecule has 1 unspecified atom stereocenters. The van der Waals surface area contributed by atoms with Gasteiger partial charge in [0.2, 0.25) is 0 Å². The normalized spacial score (nSPS) is 12.9. The molecule has 1 heterocycles. The number of hydrogen-bond donors (Lipinski definition) is 1. The Morgan fingerprint density at radius 2 is 2.07 bits per heavy atom. The van der Waals surface area contributed by atoms with Crippen LogP contribution in [0.25, 0.3) is 0 Å². The van der Waals surface area contributed by atoms with Crippen molar-refractivity contribution in [2.75, 3.05) is 6.54 Å². The Morgan fingerprint density at radius 1 is 1.33 bits per heavy atom. The maximum absolute atomic E-state index is 5.53. The van der Waals surface area contributed by atoms with E-state index in [2.05, 4.69) is 24.1 Å². The minimum Gasteiger partial charge on any atom is -0.489 e. The maximum atomic E-state index is 5.53. The minimum absolute atomic E-state index is 0.198. The molecule has 15 heavy (non-hydrogen) atoms. The van der Waals surface area contributed by atoms with E-state index in [-0.39, 0.29) is 6.10 Å². The Morgan fingerprint density at radius 3 is 2.53 bits per heavy atom. The van der Waals surface area contributed by atoms with Gasteiger partial charge in [0.15, 0.2) is 0 Å². The first-order valence-corrected chi connectivity index (χ1v) is 5.49. The summed E-state index contributed by atoms with van der Waals surface area (Å²) in [6.45, 7) is 9.17. The molecule has 0 aliphatic heterocycles. The van der Waals surface area contributed by atoms with Crippen molar-refractivity contribution in [3.05, 3.63) is 24.0 Å². The Balaban J connectivity index is 2.63. The Bertz CT molecular complexity index is 282. The highest BCUT2D eigenvalue weighted by Gasteiger charge is 2.05. The number of nitrogens with one attached hydrogen (secondary N) is 1. The first-order valence-electron chi connectivity index (χ1n) is 5.49. The lowest BCUT2D eigenvalue weighted by atomic mass is 10.2. The summed E-state index contributed by atoms with van der Waals surface area (Å²) in [5, 5.41) is 3.32. The molecule has 1 rings (SSSR count). The lowest BCUT2D eigenvalue weighted by Crippen LogP contribution is -2.18. The van der Waals surface area contributed by atoms with Crippen LogP contribution in [-0.2, 0) is 0 Å². The third kappa shape index (κ3) is 3.88. The Kier molecular flexibility index (Phi) is 4.56. The Hall–Kier alpha value is -1.09. The molecule has 84 valence electrons. The number of ether oxygens (including phenoxy) is 1. The monoisotopic (exact) mass is 208 g/mol. The fraction of sp³-hybridized carbons (Fsp3) is 0.583. The molecule has 3 nitrogen and oxygen atoms in total. The van der Waals surface area contributed by atoms with Crippen LogP contribution in [0.4, 0.5) is 0 Å². The van der Waals surface area contributed by atoms with Gasteiger partial charge in [0, 0.05) is 6.04 Å². The van der Waals surface area contributed by atoms with E-state index < -0.39 is 0 Å². The van der Waals surface area contributed by atoms with Gasteiger partial charge in [-0.25, -0.2) is 0 Å². The van der Waals surface area contributed by atoms with E-state index in [1.165, 1.54) is 0 Å². The van der Waals surface area contributed by atoms with E-state index in [0.29, 0.717) is 6.04 Å². The first-order chi connectivity index (χ1) is 7.13. The van der Waals surface area contributed by atoms with E-state index in [4.69, 9.17) is 4.74 Å². The van der Waals surface area contributed by atoms with Crippen molar-refractivity contribution in [3.63, 3.8) is 0 Å². The fourth-order valence-corrected chi connectivity index (χ4v) is 1.40.